The summed E-state index contributed by atoms with van der Waals surface area (Å²) in [5.41, 5.74) is 0. The summed E-state index contributed by atoms with van der Waals surface area (Å²) in [6, 6.07) is 21.5. The number of hydrogen-bond acceptors (Lipinski definition) is 2. The van der Waals surface area contributed by atoms with Crippen molar-refractivity contribution in [3.63, 3.8) is 0 Å². The van der Waals surface area contributed by atoms with Gasteiger partial charge in [-0.1, -0.05) is 0 Å². The van der Waals surface area contributed by atoms with Crippen molar-refractivity contribution in [2.45, 2.75) is 12.8 Å². The third-order valence-electron chi connectivity index (χ3n) is 3.44. The first-order chi connectivity index (χ1) is 11.6. The molecule has 0 radical (unpaired) electrons. The Balaban J connectivity index is 1.90. The molecule has 1 fully saturated rings. The van der Waals surface area contributed by atoms with E-state index in [1.807, 2.05) is 0 Å². The Hall–Kier alpha value is 1.30. The third-order valence-corrected chi connectivity index (χ3v) is 58.8. The fourth-order valence-corrected chi connectivity index (χ4v) is 68.5. The second-order valence-corrected chi connectivity index (χ2v) is 40.6. The van der Waals surface area contributed by atoms with Crippen LogP contribution in [-0.4, -0.2) is 68.8 Å². The first-order valence-corrected chi connectivity index (χ1v) is 24.2. The summed E-state index contributed by atoms with van der Waals surface area (Å²) >= 11 is 7.78. The predicted molar refractivity (Wildman–Crippen MR) is 110 cm³/mol. The van der Waals surface area contributed by atoms with Gasteiger partial charge in [0.2, 0.25) is 0 Å². The summed E-state index contributed by atoms with van der Waals surface area (Å²) in [6.45, 7) is 1.67. The molecule has 8 heteroatoms. The molecule has 0 bridgehead atoms. The molecule has 0 aromatic heterocycles. The summed E-state index contributed by atoms with van der Waals surface area (Å²) in [5, 5.41) is 2.71. The van der Waals surface area contributed by atoms with Crippen molar-refractivity contribution < 1.29 is 9.05 Å². The zero-order valence-electron chi connectivity index (χ0n) is 12.9. The van der Waals surface area contributed by atoms with E-state index < -0.39 is 8.85 Å². The Bertz CT molecular complexity index is 690. The molecule has 24 heavy (non-hydrogen) atoms. The van der Waals surface area contributed by atoms with Gasteiger partial charge in [-0.25, -0.2) is 0 Å². The zero-order valence-corrected chi connectivity index (χ0v) is 21.6. The van der Waals surface area contributed by atoms with Gasteiger partial charge in [0.05, 0.1) is 0 Å². The van der Waals surface area contributed by atoms with Crippen LogP contribution in [0.25, 0.3) is 0 Å². The molecular weight excluding hydrogens is 602 g/mol. The van der Waals surface area contributed by atoms with E-state index in [1.165, 1.54) is 10.6 Å². The Kier molecular flexibility index (Phi) is 7.92. The molecule has 1 aliphatic heterocycles. The molecule has 0 spiro atoms. The van der Waals surface area contributed by atoms with Crippen molar-refractivity contribution in [1.82, 2.24) is 0 Å². The van der Waals surface area contributed by atoms with E-state index in [0.29, 0.717) is 25.4 Å². The van der Waals surface area contributed by atoms with E-state index in [4.69, 9.17) is 9.05 Å². The maximum absolute atomic E-state index is 6.47. The van der Waals surface area contributed by atoms with Crippen LogP contribution in [-0.2, 0) is 9.05 Å². The zero-order chi connectivity index (χ0) is 16.9. The SMILES string of the molecule is [Se]=P1(c2ccccc2)OCCCCOP(=[Se])(c2ccccc2)[Se][Se]1. The van der Waals surface area contributed by atoms with Crippen molar-refractivity contribution in [2.24, 2.45) is 0 Å². The van der Waals surface area contributed by atoms with Gasteiger partial charge in [0, 0.05) is 0 Å². The third kappa shape index (κ3) is 5.18. The number of benzene rings is 2. The normalized spacial score (nSPS) is 29.0. The van der Waals surface area contributed by atoms with Gasteiger partial charge in [-0.15, -0.1) is 0 Å². The van der Waals surface area contributed by atoms with Gasteiger partial charge in [-0.2, -0.15) is 0 Å². The van der Waals surface area contributed by atoms with Crippen LogP contribution in [0.15, 0.2) is 60.7 Å². The monoisotopic (exact) mass is 624 g/mol. The molecule has 2 aromatic carbocycles. The minimum atomic E-state index is -1.64. The fourth-order valence-electron chi connectivity index (χ4n) is 2.16. The second kappa shape index (κ2) is 9.48. The van der Waals surface area contributed by atoms with Gasteiger partial charge in [-0.05, 0) is 0 Å². The first kappa shape index (κ1) is 20.0. The van der Waals surface area contributed by atoms with Crippen molar-refractivity contribution in [3.05, 3.63) is 60.7 Å². The van der Waals surface area contributed by atoms with E-state index in [2.05, 4.69) is 90.9 Å². The molecular formula is C16H18O2P2Se4. The molecule has 2 unspecified atom stereocenters. The molecule has 1 heterocycles. The van der Waals surface area contributed by atoms with Crippen LogP contribution in [0.1, 0.15) is 12.8 Å². The summed E-state index contributed by atoms with van der Waals surface area (Å²) in [7, 11) is 0. The average Bonchev–Trinajstić information content (AvgIpc) is 2.64. The molecule has 0 amide bonds. The van der Waals surface area contributed by atoms with E-state index in [1.54, 1.807) is 0 Å². The molecule has 0 saturated carbocycles. The topological polar surface area (TPSA) is 18.5 Å². The Morgan fingerprint density at radius 1 is 0.667 bits per heavy atom. The fraction of sp³-hybridized carbons (Fsp3) is 0.250. The van der Waals surface area contributed by atoms with Crippen molar-refractivity contribution in [2.75, 3.05) is 13.2 Å². The van der Waals surface area contributed by atoms with Gasteiger partial charge in [0.15, 0.2) is 0 Å². The molecule has 1 saturated heterocycles. The van der Waals surface area contributed by atoms with Gasteiger partial charge in [0.1, 0.15) is 0 Å². The quantitative estimate of drug-likeness (QED) is 0.380. The minimum absolute atomic E-state index is 0.396. The van der Waals surface area contributed by atoms with Crippen molar-refractivity contribution >= 4 is 75.0 Å². The van der Waals surface area contributed by atoms with Crippen LogP contribution in [0.3, 0.4) is 0 Å². The summed E-state index contributed by atoms with van der Waals surface area (Å²) in [4.78, 5) is 0. The van der Waals surface area contributed by atoms with Crippen LogP contribution < -0.4 is 10.6 Å². The van der Waals surface area contributed by atoms with Crippen LogP contribution in [0.4, 0.5) is 0 Å². The molecule has 1 aliphatic rings. The molecule has 128 valence electrons. The summed E-state index contributed by atoms with van der Waals surface area (Å²) in [5.74, 6) is 0. The van der Waals surface area contributed by atoms with E-state index in [-0.39, 0.29) is 0 Å². The Morgan fingerprint density at radius 2 is 1.04 bits per heavy atom. The van der Waals surface area contributed by atoms with Gasteiger partial charge in [0.25, 0.3) is 0 Å². The molecule has 2 atom stereocenters. The first-order valence-electron chi connectivity index (χ1n) is 7.61. The predicted octanol–water partition coefficient (Wildman–Crippen LogP) is 2.65. The molecule has 0 N–H and O–H groups in total. The summed E-state index contributed by atoms with van der Waals surface area (Å²) in [6.07, 6.45) is 2.13. The van der Waals surface area contributed by atoms with Crippen molar-refractivity contribution in [1.29, 1.82) is 0 Å². The molecule has 0 aliphatic carbocycles. The molecule has 2 aromatic rings. The Morgan fingerprint density at radius 3 is 1.42 bits per heavy atom. The van der Waals surface area contributed by atoms with E-state index in [9.17, 15) is 0 Å². The van der Waals surface area contributed by atoms with Gasteiger partial charge >= 0.3 is 171 Å². The van der Waals surface area contributed by atoms with Crippen LogP contribution in [0.5, 0.6) is 0 Å². The van der Waals surface area contributed by atoms with Crippen LogP contribution in [0, 0.1) is 0 Å². The number of hydrogen-bond donors (Lipinski definition) is 0. The standard InChI is InChI=1S/C16H18O2P2Se4/c21-19(15-9-3-1-4-10-15)17-13-7-8-14-18-20(22,24-23-19)16-11-5-2-6-12-16/h1-6,9-12H,7-8,13-14H2. The van der Waals surface area contributed by atoms with Crippen LogP contribution >= 0.6 is 8.85 Å². The molecule has 3 rings (SSSR count). The van der Waals surface area contributed by atoms with Crippen LogP contribution in [0.2, 0.25) is 0 Å². The van der Waals surface area contributed by atoms with Gasteiger partial charge < -0.3 is 0 Å². The summed E-state index contributed by atoms with van der Waals surface area (Å²) < 4.78 is 9.65. The van der Waals surface area contributed by atoms with Crippen molar-refractivity contribution in [3.8, 4) is 0 Å². The van der Waals surface area contributed by atoms with E-state index >= 15 is 0 Å². The number of rotatable bonds is 2. The second-order valence-electron chi connectivity index (χ2n) is 5.19. The average molecular weight is 620 g/mol. The maximum atomic E-state index is 6.47. The molecule has 2 nitrogen and oxygen atoms in total. The Labute approximate surface area is 169 Å². The van der Waals surface area contributed by atoms with Gasteiger partial charge in [-0.3, -0.25) is 0 Å². The van der Waals surface area contributed by atoms with E-state index in [0.717, 1.165) is 26.1 Å².